The Hall–Kier alpha value is -1.52. The van der Waals surface area contributed by atoms with Crippen LogP contribution >= 0.6 is 0 Å². The van der Waals surface area contributed by atoms with E-state index in [0.717, 1.165) is 12.1 Å². The molecule has 1 aliphatic heterocycles. The highest BCUT2D eigenvalue weighted by atomic mass is 16.1. The Morgan fingerprint density at radius 1 is 1.50 bits per heavy atom. The van der Waals surface area contributed by atoms with E-state index >= 15 is 0 Å². The van der Waals surface area contributed by atoms with Gasteiger partial charge in [0.15, 0.2) is 0 Å². The van der Waals surface area contributed by atoms with Gasteiger partial charge in [0, 0.05) is 6.54 Å². The molecule has 0 fully saturated rings. The maximum Gasteiger partial charge on any atom is 0.257 e. The molecule has 5 heteroatoms. The van der Waals surface area contributed by atoms with E-state index in [1.54, 1.807) is 0 Å². The van der Waals surface area contributed by atoms with Gasteiger partial charge in [-0.05, 0) is 11.8 Å². The zero-order valence-corrected chi connectivity index (χ0v) is 8.29. The first-order valence-corrected chi connectivity index (χ1v) is 4.73. The smallest absolute Gasteiger partial charge is 0.257 e. The Morgan fingerprint density at radius 2 is 2.21 bits per heavy atom. The number of nitrogen functional groups attached to an aromatic ring is 1. The maximum atomic E-state index is 11.6. The van der Waals surface area contributed by atoms with Crippen LogP contribution in [0.15, 0.2) is 4.79 Å². The van der Waals surface area contributed by atoms with Crippen molar-refractivity contribution in [3.8, 4) is 0 Å². The maximum absolute atomic E-state index is 11.6. The second-order valence-electron chi connectivity index (χ2n) is 3.86. The topological polar surface area (TPSA) is 83.8 Å². The van der Waals surface area contributed by atoms with E-state index in [1.165, 1.54) is 0 Å². The van der Waals surface area contributed by atoms with Crippen molar-refractivity contribution < 1.29 is 0 Å². The third-order valence-corrected chi connectivity index (χ3v) is 2.87. The number of nitrogens with two attached hydrogens (primary N) is 1. The van der Waals surface area contributed by atoms with Crippen LogP contribution in [0.25, 0.3) is 0 Å². The Bertz CT molecular complexity index is 412. The lowest BCUT2D eigenvalue weighted by molar-refractivity contribution is 0.490. The van der Waals surface area contributed by atoms with Crippen LogP contribution in [0.4, 0.5) is 11.8 Å². The summed E-state index contributed by atoms with van der Waals surface area (Å²) in [6, 6.07) is 0. The third-order valence-electron chi connectivity index (χ3n) is 2.87. The van der Waals surface area contributed by atoms with Crippen LogP contribution in [0, 0.1) is 5.92 Å². The van der Waals surface area contributed by atoms with Crippen molar-refractivity contribution >= 4 is 11.8 Å². The molecule has 0 aliphatic carbocycles. The number of fused-ring (bicyclic) bond motifs is 1. The van der Waals surface area contributed by atoms with Crippen molar-refractivity contribution in [3.05, 3.63) is 15.9 Å². The molecule has 2 atom stereocenters. The molecule has 1 aromatic heterocycles. The highest BCUT2D eigenvalue weighted by Crippen LogP contribution is 2.30. The van der Waals surface area contributed by atoms with E-state index in [9.17, 15) is 4.79 Å². The van der Waals surface area contributed by atoms with Crippen molar-refractivity contribution in [3.63, 3.8) is 0 Å². The van der Waals surface area contributed by atoms with E-state index in [4.69, 9.17) is 5.73 Å². The molecule has 4 N–H and O–H groups in total. The molecular weight excluding hydrogens is 180 g/mol. The van der Waals surface area contributed by atoms with Crippen molar-refractivity contribution in [2.45, 2.75) is 19.8 Å². The van der Waals surface area contributed by atoms with Crippen LogP contribution in [0.5, 0.6) is 0 Å². The molecule has 2 rings (SSSR count). The van der Waals surface area contributed by atoms with Crippen LogP contribution in [0.2, 0.25) is 0 Å². The average Bonchev–Trinajstić information content (AvgIpc) is 2.10. The standard InChI is InChI=1S/C9H14N4O/c1-4-3-11-7-6(5(4)2)8(14)13-9(10)12-7/h4-5H,3H2,1-2H3,(H4,10,11,12,13,14)/t4-,5-/m1/s1. The summed E-state index contributed by atoms with van der Waals surface area (Å²) in [7, 11) is 0. The number of nitrogens with one attached hydrogen (secondary N) is 2. The number of aromatic nitrogens is 2. The van der Waals surface area contributed by atoms with Gasteiger partial charge in [0.2, 0.25) is 5.95 Å². The molecule has 0 saturated carbocycles. The van der Waals surface area contributed by atoms with Gasteiger partial charge in [-0.3, -0.25) is 9.78 Å². The van der Waals surface area contributed by atoms with Crippen molar-refractivity contribution in [2.75, 3.05) is 17.6 Å². The van der Waals surface area contributed by atoms with Gasteiger partial charge in [-0.15, -0.1) is 0 Å². The molecule has 1 aliphatic rings. The second-order valence-corrected chi connectivity index (χ2v) is 3.86. The first-order chi connectivity index (χ1) is 6.59. The number of aromatic amines is 1. The lowest BCUT2D eigenvalue weighted by atomic mass is 9.87. The SMILES string of the molecule is C[C@@H]1CNc2nc(N)[nH]c(=O)c2[C@@H]1C. The van der Waals surface area contributed by atoms with Gasteiger partial charge in [-0.25, -0.2) is 0 Å². The minimum atomic E-state index is -0.126. The van der Waals surface area contributed by atoms with Crippen LogP contribution < -0.4 is 16.6 Å². The van der Waals surface area contributed by atoms with E-state index in [1.807, 2.05) is 6.92 Å². The molecule has 0 aromatic carbocycles. The van der Waals surface area contributed by atoms with Gasteiger partial charge in [-0.1, -0.05) is 13.8 Å². The summed E-state index contributed by atoms with van der Waals surface area (Å²) in [6.07, 6.45) is 0. The summed E-state index contributed by atoms with van der Waals surface area (Å²) in [6.45, 7) is 4.98. The largest absolute Gasteiger partial charge is 0.369 e. The van der Waals surface area contributed by atoms with Crippen molar-refractivity contribution in [2.24, 2.45) is 5.92 Å². The molecule has 5 nitrogen and oxygen atoms in total. The molecular formula is C9H14N4O. The summed E-state index contributed by atoms with van der Waals surface area (Å²) in [5.74, 6) is 1.47. The quantitative estimate of drug-likeness (QED) is 0.562. The minimum absolute atomic E-state index is 0.126. The van der Waals surface area contributed by atoms with Gasteiger partial charge >= 0.3 is 0 Å². The Morgan fingerprint density at radius 3 is 2.93 bits per heavy atom. The van der Waals surface area contributed by atoms with Gasteiger partial charge in [0.25, 0.3) is 5.56 Å². The number of H-pyrrole nitrogens is 1. The number of rotatable bonds is 0. The van der Waals surface area contributed by atoms with Crippen LogP contribution in [0.1, 0.15) is 25.3 Å². The zero-order chi connectivity index (χ0) is 10.3. The molecule has 76 valence electrons. The first-order valence-electron chi connectivity index (χ1n) is 4.73. The van der Waals surface area contributed by atoms with E-state index in [0.29, 0.717) is 11.7 Å². The predicted molar refractivity (Wildman–Crippen MR) is 55.3 cm³/mol. The normalized spacial score (nSPS) is 25.3. The number of hydrogen-bond acceptors (Lipinski definition) is 4. The Labute approximate surface area is 81.7 Å². The van der Waals surface area contributed by atoms with Gasteiger partial charge < -0.3 is 11.1 Å². The average molecular weight is 194 g/mol. The monoisotopic (exact) mass is 194 g/mol. The third kappa shape index (κ3) is 1.25. The van der Waals surface area contributed by atoms with Crippen LogP contribution in [0.3, 0.4) is 0 Å². The van der Waals surface area contributed by atoms with Gasteiger partial charge in [-0.2, -0.15) is 4.98 Å². The van der Waals surface area contributed by atoms with Crippen molar-refractivity contribution in [1.29, 1.82) is 0 Å². The zero-order valence-electron chi connectivity index (χ0n) is 8.29. The van der Waals surface area contributed by atoms with Crippen molar-refractivity contribution in [1.82, 2.24) is 9.97 Å². The highest BCUT2D eigenvalue weighted by molar-refractivity contribution is 5.50. The predicted octanol–water partition coefficient (Wildman–Crippen LogP) is 0.517. The van der Waals surface area contributed by atoms with Crippen LogP contribution in [-0.4, -0.2) is 16.5 Å². The molecule has 0 radical (unpaired) electrons. The summed E-state index contributed by atoms with van der Waals surface area (Å²) in [4.78, 5) is 18.2. The van der Waals surface area contributed by atoms with Gasteiger partial charge in [0.05, 0.1) is 5.56 Å². The molecule has 0 spiro atoms. The number of anilines is 2. The lowest BCUT2D eigenvalue weighted by Gasteiger charge is -2.27. The molecule has 0 unspecified atom stereocenters. The second kappa shape index (κ2) is 3.01. The fourth-order valence-electron chi connectivity index (χ4n) is 1.78. The Kier molecular flexibility index (Phi) is 1.94. The molecule has 0 amide bonds. The fraction of sp³-hybridized carbons (Fsp3) is 0.556. The summed E-state index contributed by atoms with van der Waals surface area (Å²) >= 11 is 0. The Balaban J connectivity index is 2.60. The first kappa shape index (κ1) is 9.05. The molecule has 1 aromatic rings. The minimum Gasteiger partial charge on any atom is -0.369 e. The van der Waals surface area contributed by atoms with E-state index < -0.39 is 0 Å². The van der Waals surface area contributed by atoms with Crippen LogP contribution in [-0.2, 0) is 0 Å². The molecule has 0 bridgehead atoms. The fourth-order valence-corrected chi connectivity index (χ4v) is 1.78. The molecule has 0 saturated heterocycles. The van der Waals surface area contributed by atoms with E-state index in [2.05, 4.69) is 22.2 Å². The summed E-state index contributed by atoms with van der Waals surface area (Å²) < 4.78 is 0. The summed E-state index contributed by atoms with van der Waals surface area (Å²) in [5.41, 5.74) is 6.05. The summed E-state index contributed by atoms with van der Waals surface area (Å²) in [5, 5.41) is 3.11. The van der Waals surface area contributed by atoms with Gasteiger partial charge in [0.1, 0.15) is 5.82 Å². The molecule has 2 heterocycles. The van der Waals surface area contributed by atoms with E-state index in [-0.39, 0.29) is 17.4 Å². The lowest BCUT2D eigenvalue weighted by Crippen LogP contribution is -2.31. The number of hydrogen-bond donors (Lipinski definition) is 3. The molecule has 14 heavy (non-hydrogen) atoms. The number of nitrogens with zero attached hydrogens (tertiary/aromatic N) is 1. The highest BCUT2D eigenvalue weighted by Gasteiger charge is 2.26.